The van der Waals surface area contributed by atoms with Crippen LogP contribution in [0.3, 0.4) is 0 Å². The minimum Gasteiger partial charge on any atom is -0.744 e. The largest absolute Gasteiger partial charge is 0.744 e. The van der Waals surface area contributed by atoms with Gasteiger partial charge in [-0.05, 0) is 222 Å². The molecule has 0 saturated heterocycles. The standard InChI is InChI=1S/C40H39ClN2O6S2.C40H40ClN2.C7H8O3S.CH4/c1-39(2)34(42(5)32-18-10-26-22-28(50-49-48-44)14-16-30(26)36(32)39)20-12-24-8-7-9-25(38(24)41)13-21-35-40(3,4)37-31-17-15-29(51(45,46)47)23-27(31)11-19-33(37)43(35)6;1-39(2)34(42(5)32-22-18-26-12-7-9-16-30(26)36(32)39)24-20-28-14-11-15-29(38(28)41)21-25-35-40(3,4)37-31-17-10-8-13-27(31)19-23-33(37)43(35)6;1-6-2-4-7(5-3-6)11(8,9)10;/h10-23H,7-9H2,1-6H3,(H-,44,45,46,47);7-10,12-13,16-25H,11,14-15H2,1-6H3;2-5H,1H3,(H,8,9,10);1H4/q;+1;;/p-2. The SMILES string of the molecule is C.CN1/C(=C/C=C2/CCCC(/C=C/C3=[N+](C)c4ccc5ccccc5c4C3(C)C)=C2Cl)C(C)(C)c2c1ccc1ccccc21.CN1C(=CC=C2CCCC(C=CC3=[N+](C)c4ccc5cc(S(=O)(=O)[O-])ccc5c4C3(C)C)=C2Cl)C(C)(C)c2c1ccc1cc(SOO[O-])ccc21.Cc1ccc(S(=O)(=O)[O-])cc1. The van der Waals surface area contributed by atoms with Gasteiger partial charge in [-0.25, -0.2) is 16.8 Å². The summed E-state index contributed by atoms with van der Waals surface area (Å²) in [6.07, 6.45) is 23.7. The van der Waals surface area contributed by atoms with E-state index < -0.39 is 20.2 Å². The Labute approximate surface area is 638 Å². The summed E-state index contributed by atoms with van der Waals surface area (Å²) in [6.45, 7) is 20.0. The van der Waals surface area contributed by atoms with Crippen molar-refractivity contribution in [3.63, 3.8) is 0 Å². The third kappa shape index (κ3) is 14.2. The Morgan fingerprint density at radius 2 is 0.877 bits per heavy atom. The molecule has 548 valence electrons. The average molecular weight is 1510 g/mol. The van der Waals surface area contributed by atoms with E-state index in [1.54, 1.807) is 18.2 Å². The van der Waals surface area contributed by atoms with Gasteiger partial charge in [-0.2, -0.15) is 13.5 Å². The molecular weight excluding hydrogens is 1420 g/mol. The van der Waals surface area contributed by atoms with Crippen molar-refractivity contribution in [1.29, 1.82) is 0 Å². The van der Waals surface area contributed by atoms with Crippen LogP contribution in [0.2, 0.25) is 0 Å². The fraction of sp³-hybridized carbons (Fsp3) is 0.273. The average Bonchev–Trinajstić information content (AvgIpc) is 1.59. The monoisotopic (exact) mass is 1510 g/mol. The number of likely N-dealkylation sites (N-methyl/N-ethyl adjacent to an activating group) is 2. The zero-order valence-electron chi connectivity index (χ0n) is 61.3. The van der Waals surface area contributed by atoms with E-state index in [0.29, 0.717) is 0 Å². The molecule has 0 N–H and O–H groups in total. The molecule has 0 bridgehead atoms. The lowest BCUT2D eigenvalue weighted by Crippen LogP contribution is -2.27. The van der Waals surface area contributed by atoms with Crippen LogP contribution in [0.15, 0.2) is 265 Å². The zero-order chi connectivity index (χ0) is 75.0. The van der Waals surface area contributed by atoms with E-state index in [9.17, 15) is 31.2 Å². The molecule has 18 heteroatoms. The molecule has 13 nitrogen and oxygen atoms in total. The van der Waals surface area contributed by atoms with E-state index in [4.69, 9.17) is 23.2 Å². The maximum atomic E-state index is 11.7. The molecule has 0 aromatic heterocycles. The second kappa shape index (κ2) is 29.6. The first-order valence-corrected chi connectivity index (χ1v) is 39.5. The first-order chi connectivity index (χ1) is 49.7. The van der Waals surface area contributed by atoms with Crippen LogP contribution >= 0.6 is 35.2 Å². The van der Waals surface area contributed by atoms with Crippen LogP contribution in [0.25, 0.3) is 43.1 Å². The summed E-state index contributed by atoms with van der Waals surface area (Å²) in [4.78, 5) is 4.98. The van der Waals surface area contributed by atoms with E-state index in [2.05, 4.69) is 244 Å². The summed E-state index contributed by atoms with van der Waals surface area (Å²) in [5.74, 6) is 0. The van der Waals surface area contributed by atoms with E-state index in [1.807, 2.05) is 38.2 Å². The van der Waals surface area contributed by atoms with Crippen molar-refractivity contribution in [2.75, 3.05) is 38.0 Å². The predicted octanol–water partition coefficient (Wildman–Crippen LogP) is 20.6. The highest BCUT2D eigenvalue weighted by atomic mass is 35.5. The summed E-state index contributed by atoms with van der Waals surface area (Å²) < 4.78 is 75.3. The van der Waals surface area contributed by atoms with Gasteiger partial charge in [-0.15, -0.1) is 0 Å². The molecule has 6 aliphatic rings. The van der Waals surface area contributed by atoms with Crippen molar-refractivity contribution in [2.45, 2.75) is 145 Å². The highest BCUT2D eigenvalue weighted by Crippen LogP contribution is 2.53. The van der Waals surface area contributed by atoms with Gasteiger partial charge in [0, 0.05) is 98.1 Å². The highest BCUT2D eigenvalue weighted by Gasteiger charge is 2.47. The fourth-order valence-corrected chi connectivity index (χ4v) is 19.0. The lowest BCUT2D eigenvalue weighted by Gasteiger charge is -2.25. The molecule has 0 spiro atoms. The van der Waals surface area contributed by atoms with E-state index in [0.717, 1.165) is 126 Å². The van der Waals surface area contributed by atoms with Crippen LogP contribution in [0, 0.1) is 6.92 Å². The Morgan fingerprint density at radius 3 is 1.36 bits per heavy atom. The van der Waals surface area contributed by atoms with Crippen molar-refractivity contribution in [3.05, 3.63) is 278 Å². The maximum absolute atomic E-state index is 11.7. The molecule has 2 aliphatic carbocycles. The van der Waals surface area contributed by atoms with E-state index in [-0.39, 0.29) is 38.9 Å². The number of anilines is 2. The molecule has 4 heterocycles. The van der Waals surface area contributed by atoms with Crippen LogP contribution in [-0.2, 0) is 51.3 Å². The summed E-state index contributed by atoms with van der Waals surface area (Å²) >= 11 is 15.2. The van der Waals surface area contributed by atoms with Crippen molar-refractivity contribution in [1.82, 2.24) is 0 Å². The minimum atomic E-state index is -4.55. The lowest BCUT2D eigenvalue weighted by atomic mass is 9.78. The van der Waals surface area contributed by atoms with Gasteiger partial charge >= 0.3 is 0 Å². The molecule has 0 saturated carbocycles. The molecule has 4 aliphatic heterocycles. The second-order valence-electron chi connectivity index (χ2n) is 30.0. The van der Waals surface area contributed by atoms with Gasteiger partial charge in [0.25, 0.3) is 0 Å². The van der Waals surface area contributed by atoms with Crippen LogP contribution < -0.4 is 15.1 Å². The van der Waals surface area contributed by atoms with Crippen LogP contribution in [-0.4, -0.2) is 74.7 Å². The minimum absolute atomic E-state index is 0. The Bertz CT molecular complexity index is 5700. The zero-order valence-corrected chi connectivity index (χ0v) is 65.3. The molecule has 0 unspecified atom stereocenters. The van der Waals surface area contributed by atoms with Gasteiger partial charge < -0.3 is 24.2 Å². The molecule has 9 aromatic rings. The molecule has 106 heavy (non-hydrogen) atoms. The Kier molecular flexibility index (Phi) is 21.5. The van der Waals surface area contributed by atoms with Gasteiger partial charge in [0.2, 0.25) is 11.4 Å². The van der Waals surface area contributed by atoms with E-state index in [1.165, 1.54) is 102 Å². The molecule has 0 amide bonds. The van der Waals surface area contributed by atoms with Gasteiger partial charge in [0.15, 0.2) is 11.4 Å². The quantitative estimate of drug-likeness (QED) is 0.0396. The Morgan fingerprint density at radius 1 is 0.472 bits per heavy atom. The summed E-state index contributed by atoms with van der Waals surface area (Å²) in [5, 5.41) is 24.6. The number of rotatable bonds is 11. The summed E-state index contributed by atoms with van der Waals surface area (Å²) in [7, 11) is -0.294. The third-order valence-electron chi connectivity index (χ3n) is 22.1. The predicted molar refractivity (Wildman–Crippen MR) is 432 cm³/mol. The van der Waals surface area contributed by atoms with Gasteiger partial charge in [-0.1, -0.05) is 173 Å². The first kappa shape index (κ1) is 77.1. The topological polar surface area (TPSA) is 168 Å². The molecule has 0 atom stereocenters. The molecule has 15 rings (SSSR count). The Balaban J connectivity index is 0.000000174. The Hall–Kier alpha value is -8.49. The number of benzene rings is 9. The smallest absolute Gasteiger partial charge is 0.210 e. The number of nitrogens with zero attached hydrogens (tertiary/aromatic N) is 4. The number of hydrogen-bond acceptors (Lipinski definition) is 12. The number of halogens is 2. The van der Waals surface area contributed by atoms with Crippen molar-refractivity contribution < 1.29 is 49.7 Å². The van der Waals surface area contributed by atoms with Gasteiger partial charge in [0.05, 0.1) is 32.7 Å². The normalized spacial score (nSPS) is 19.5. The summed E-state index contributed by atoms with van der Waals surface area (Å²) in [6, 6.07) is 50.9. The molecule has 9 aromatic carbocycles. The second-order valence-corrected chi connectivity index (χ2v) is 34.3. The van der Waals surface area contributed by atoms with Crippen LogP contribution in [0.4, 0.5) is 22.7 Å². The number of hydrogen-bond donors (Lipinski definition) is 0. The molecule has 0 fully saturated rings. The molecule has 0 radical (unpaired) electrons. The van der Waals surface area contributed by atoms with Gasteiger partial charge in [-0.3, -0.25) is 5.04 Å². The van der Waals surface area contributed by atoms with Crippen molar-refractivity contribution in [2.24, 2.45) is 0 Å². The van der Waals surface area contributed by atoms with Gasteiger partial charge in [0.1, 0.15) is 34.3 Å². The molecular formula is C88H89Cl2N4O9S3-. The number of allylic oxidation sites excluding steroid dienone is 16. The van der Waals surface area contributed by atoms with Crippen LogP contribution in [0.1, 0.15) is 129 Å². The number of aryl methyl sites for hydroxylation is 1. The third-order valence-corrected chi connectivity index (χ3v) is 25.4. The lowest BCUT2D eigenvalue weighted by molar-refractivity contribution is -0.777. The fourth-order valence-electron chi connectivity index (χ4n) is 16.9. The maximum Gasteiger partial charge on any atom is 0.210 e. The number of fused-ring (bicyclic) bond motifs is 12. The van der Waals surface area contributed by atoms with E-state index >= 15 is 0 Å². The van der Waals surface area contributed by atoms with Crippen molar-refractivity contribution in [3.8, 4) is 0 Å². The van der Waals surface area contributed by atoms with Crippen LogP contribution in [0.5, 0.6) is 0 Å². The first-order valence-electron chi connectivity index (χ1n) is 35.2. The van der Waals surface area contributed by atoms with Crippen molar-refractivity contribution >= 4 is 133 Å². The summed E-state index contributed by atoms with van der Waals surface area (Å²) in [5.41, 5.74) is 19.4. The highest BCUT2D eigenvalue weighted by molar-refractivity contribution is 7.94.